The highest BCUT2D eigenvalue weighted by atomic mass is 19.1. The molecule has 12 heteroatoms. The molecule has 0 aliphatic carbocycles. The highest BCUT2D eigenvalue weighted by Crippen LogP contribution is 2.28. The Balaban J connectivity index is 1.15. The molecule has 234 valence electrons. The van der Waals surface area contributed by atoms with Gasteiger partial charge in [0.2, 0.25) is 0 Å². The molecule has 0 saturated carbocycles. The number of hydrogen-bond acceptors (Lipinski definition) is 8. The predicted octanol–water partition coefficient (Wildman–Crippen LogP) is 5.18. The Morgan fingerprint density at radius 3 is 2.17 bits per heavy atom. The number of aliphatic hydroxyl groups is 1. The van der Waals surface area contributed by atoms with Crippen molar-refractivity contribution in [3.63, 3.8) is 0 Å². The third kappa shape index (κ3) is 8.67. The molecular formula is C34H30F2N6O4. The average Bonchev–Trinajstić information content (AvgIpc) is 3.73. The summed E-state index contributed by atoms with van der Waals surface area (Å²) < 4.78 is 42.2. The second kappa shape index (κ2) is 14.8. The zero-order chi connectivity index (χ0) is 32.4. The Morgan fingerprint density at radius 1 is 0.913 bits per heavy atom. The minimum atomic E-state index is -1.84. The molecule has 0 spiro atoms. The van der Waals surface area contributed by atoms with E-state index in [0.29, 0.717) is 24.1 Å². The molecule has 0 aliphatic rings. The van der Waals surface area contributed by atoms with Crippen molar-refractivity contribution in [2.45, 2.75) is 25.3 Å². The van der Waals surface area contributed by atoms with E-state index in [1.807, 2.05) is 36.4 Å². The van der Waals surface area contributed by atoms with Gasteiger partial charge in [0.25, 0.3) is 0 Å². The molecule has 0 fully saturated rings. The standard InChI is InChI=1S/C34H30F2N6O4/c1-2-17-45-30-12-5-25(6-13-30)3-10-29(43)11-4-26-7-14-31(15-8-26)46-20-28-19-41(40-39-28)21-34(44,22-42-24-37-23-38-42)32-16-9-27(35)18-33(32)36/h2-16,18-19,23-24,44H,1,17,20-22H2/b10-3+,11-4+. The van der Waals surface area contributed by atoms with Gasteiger partial charge >= 0.3 is 0 Å². The number of carbonyl (C=O) groups is 1. The van der Waals surface area contributed by atoms with E-state index in [1.54, 1.807) is 36.6 Å². The fourth-order valence-corrected chi connectivity index (χ4v) is 4.49. The van der Waals surface area contributed by atoms with E-state index < -0.39 is 17.2 Å². The lowest BCUT2D eigenvalue weighted by Gasteiger charge is -2.28. The highest BCUT2D eigenvalue weighted by Gasteiger charge is 2.34. The number of benzene rings is 3. The molecule has 10 nitrogen and oxygen atoms in total. The number of ether oxygens (including phenoxy) is 2. The lowest BCUT2D eigenvalue weighted by Crippen LogP contribution is -2.37. The van der Waals surface area contributed by atoms with Crippen molar-refractivity contribution in [3.05, 3.63) is 144 Å². The van der Waals surface area contributed by atoms with E-state index >= 15 is 0 Å². The van der Waals surface area contributed by atoms with Crippen molar-refractivity contribution in [3.8, 4) is 11.5 Å². The maximum atomic E-state index is 14.7. The number of ketones is 1. The van der Waals surface area contributed by atoms with Crippen molar-refractivity contribution < 1.29 is 28.2 Å². The van der Waals surface area contributed by atoms with Crippen molar-refractivity contribution in [2.24, 2.45) is 0 Å². The molecule has 0 radical (unpaired) electrons. The zero-order valence-electron chi connectivity index (χ0n) is 24.6. The smallest absolute Gasteiger partial charge is 0.178 e. The normalized spacial score (nSPS) is 12.8. The van der Waals surface area contributed by atoms with Crippen molar-refractivity contribution in [1.29, 1.82) is 0 Å². The van der Waals surface area contributed by atoms with Crippen LogP contribution in [0.4, 0.5) is 8.78 Å². The first-order valence-electron chi connectivity index (χ1n) is 14.2. The first-order valence-corrected chi connectivity index (χ1v) is 14.2. The first-order chi connectivity index (χ1) is 22.3. The number of aromatic nitrogens is 6. The molecule has 0 bridgehead atoms. The number of hydrogen-bond donors (Lipinski definition) is 1. The molecule has 0 aliphatic heterocycles. The maximum absolute atomic E-state index is 14.7. The van der Waals surface area contributed by atoms with E-state index in [9.17, 15) is 18.7 Å². The minimum absolute atomic E-state index is 0.0756. The van der Waals surface area contributed by atoms with Crippen LogP contribution in [0.25, 0.3) is 12.2 Å². The highest BCUT2D eigenvalue weighted by molar-refractivity contribution is 6.04. The fourth-order valence-electron chi connectivity index (χ4n) is 4.49. The van der Waals surface area contributed by atoms with Gasteiger partial charge in [-0.2, -0.15) is 5.10 Å². The number of allylic oxidation sites excluding steroid dienone is 2. The summed E-state index contributed by atoms with van der Waals surface area (Å²) in [4.78, 5) is 16.2. The average molecular weight is 625 g/mol. The lowest BCUT2D eigenvalue weighted by molar-refractivity contribution is -0.110. The van der Waals surface area contributed by atoms with Crippen LogP contribution in [0.5, 0.6) is 11.5 Å². The van der Waals surface area contributed by atoms with Crippen LogP contribution >= 0.6 is 0 Å². The zero-order valence-corrected chi connectivity index (χ0v) is 24.6. The maximum Gasteiger partial charge on any atom is 0.178 e. The van der Waals surface area contributed by atoms with Crippen LogP contribution in [0.1, 0.15) is 22.4 Å². The van der Waals surface area contributed by atoms with Gasteiger partial charge in [-0.3, -0.25) is 4.79 Å². The lowest BCUT2D eigenvalue weighted by atomic mass is 9.93. The van der Waals surface area contributed by atoms with E-state index in [1.165, 1.54) is 40.2 Å². The third-order valence-corrected chi connectivity index (χ3v) is 6.73. The summed E-state index contributed by atoms with van der Waals surface area (Å²) >= 11 is 0. The largest absolute Gasteiger partial charge is 0.490 e. The van der Waals surface area contributed by atoms with Crippen LogP contribution in [-0.4, -0.2) is 47.3 Å². The molecule has 2 aromatic heterocycles. The molecule has 0 saturated heterocycles. The summed E-state index contributed by atoms with van der Waals surface area (Å²) in [5.74, 6) is -0.530. The van der Waals surface area contributed by atoms with Gasteiger partial charge in [0, 0.05) is 11.6 Å². The van der Waals surface area contributed by atoms with Crippen LogP contribution in [0.2, 0.25) is 0 Å². The SMILES string of the molecule is C=CCOc1ccc(/C=C/C(=O)/C=C/c2ccc(OCc3cn(CC(O)(Cn4cncn4)c4ccc(F)cc4F)nn3)cc2)cc1. The Morgan fingerprint density at radius 2 is 1.57 bits per heavy atom. The number of nitrogens with zero attached hydrogens (tertiary/aromatic N) is 6. The predicted molar refractivity (Wildman–Crippen MR) is 166 cm³/mol. The molecule has 1 N–H and O–H groups in total. The Bertz CT molecular complexity index is 1820. The second-order valence-corrected chi connectivity index (χ2v) is 10.3. The van der Waals surface area contributed by atoms with Crippen molar-refractivity contribution in [1.82, 2.24) is 29.8 Å². The van der Waals surface area contributed by atoms with E-state index in [4.69, 9.17) is 9.47 Å². The van der Waals surface area contributed by atoms with Gasteiger partial charge < -0.3 is 14.6 Å². The molecule has 2 heterocycles. The molecule has 5 rings (SSSR count). The van der Waals surface area contributed by atoms with Crippen LogP contribution in [0, 0.1) is 11.6 Å². The monoisotopic (exact) mass is 624 g/mol. The van der Waals surface area contributed by atoms with Crippen LogP contribution in [0.3, 0.4) is 0 Å². The number of carbonyl (C=O) groups excluding carboxylic acids is 1. The Hall–Kier alpha value is -5.75. The first kappa shape index (κ1) is 31.7. The molecule has 1 atom stereocenters. The minimum Gasteiger partial charge on any atom is -0.490 e. The van der Waals surface area contributed by atoms with Crippen molar-refractivity contribution >= 4 is 17.9 Å². The molecule has 0 amide bonds. The van der Waals surface area contributed by atoms with Crippen LogP contribution < -0.4 is 9.47 Å². The van der Waals surface area contributed by atoms with Gasteiger partial charge in [-0.25, -0.2) is 23.1 Å². The van der Waals surface area contributed by atoms with Crippen molar-refractivity contribution in [2.75, 3.05) is 6.61 Å². The van der Waals surface area contributed by atoms with E-state index in [-0.39, 0.29) is 31.0 Å². The molecule has 5 aromatic rings. The number of rotatable bonds is 15. The van der Waals surface area contributed by atoms with E-state index in [0.717, 1.165) is 22.9 Å². The van der Waals surface area contributed by atoms with Crippen LogP contribution in [0.15, 0.2) is 110 Å². The summed E-state index contributed by atoms with van der Waals surface area (Å²) in [7, 11) is 0. The van der Waals surface area contributed by atoms with Gasteiger partial charge in [0.15, 0.2) is 5.78 Å². The fraction of sp³-hybridized carbons (Fsp3) is 0.147. The summed E-state index contributed by atoms with van der Waals surface area (Å²) in [5, 5.41) is 23.6. The second-order valence-electron chi connectivity index (χ2n) is 10.3. The molecule has 3 aromatic carbocycles. The van der Waals surface area contributed by atoms with Gasteiger partial charge in [0.05, 0.1) is 19.3 Å². The van der Waals surface area contributed by atoms with Gasteiger partial charge in [-0.1, -0.05) is 60.4 Å². The summed E-state index contributed by atoms with van der Waals surface area (Å²) in [5.41, 5.74) is 0.180. The summed E-state index contributed by atoms with van der Waals surface area (Å²) in [6.07, 6.45) is 12.3. The molecule has 1 unspecified atom stereocenters. The van der Waals surface area contributed by atoms with E-state index in [2.05, 4.69) is 27.0 Å². The van der Waals surface area contributed by atoms with Crippen LogP contribution in [-0.2, 0) is 30.1 Å². The third-order valence-electron chi connectivity index (χ3n) is 6.73. The van der Waals surface area contributed by atoms with Gasteiger partial charge in [0.1, 0.15) is 60.3 Å². The summed E-state index contributed by atoms with van der Waals surface area (Å²) in [6.45, 7) is 3.76. The summed E-state index contributed by atoms with van der Waals surface area (Å²) in [6, 6.07) is 17.5. The quantitative estimate of drug-likeness (QED) is 0.125. The molecular weight excluding hydrogens is 594 g/mol. The Kier molecular flexibility index (Phi) is 10.2. The molecule has 46 heavy (non-hydrogen) atoms. The Labute approximate surface area is 263 Å². The van der Waals surface area contributed by atoms with Gasteiger partial charge in [-0.05, 0) is 53.6 Å². The topological polar surface area (TPSA) is 117 Å². The van der Waals surface area contributed by atoms with Gasteiger partial charge in [-0.15, -0.1) is 5.10 Å². The number of halogens is 2.